The molecule has 0 radical (unpaired) electrons. The van der Waals surface area contributed by atoms with Crippen molar-refractivity contribution in [1.82, 2.24) is 15.1 Å². The van der Waals surface area contributed by atoms with Crippen LogP contribution in [0, 0.1) is 0 Å². The Kier molecular flexibility index (Phi) is 4.24. The van der Waals surface area contributed by atoms with E-state index in [1.807, 2.05) is 14.0 Å². The highest BCUT2D eigenvalue weighted by Gasteiger charge is 2.28. The summed E-state index contributed by atoms with van der Waals surface area (Å²) in [6.45, 7) is 2.56. The second-order valence-electron chi connectivity index (χ2n) is 5.62. The van der Waals surface area contributed by atoms with Crippen molar-refractivity contribution in [1.29, 1.82) is 0 Å². The van der Waals surface area contributed by atoms with E-state index in [1.54, 1.807) is 10.9 Å². The maximum absolute atomic E-state index is 12.2. The summed E-state index contributed by atoms with van der Waals surface area (Å²) in [6, 6.07) is 0. The molecular weight excluding hydrogens is 240 g/mol. The first-order valence-corrected chi connectivity index (χ1v) is 7.14. The van der Waals surface area contributed by atoms with Crippen molar-refractivity contribution < 1.29 is 4.79 Å². The van der Waals surface area contributed by atoms with Gasteiger partial charge in [-0.25, -0.2) is 0 Å². The summed E-state index contributed by atoms with van der Waals surface area (Å²) in [5.41, 5.74) is 7.62. The van der Waals surface area contributed by atoms with Gasteiger partial charge in [0.1, 0.15) is 0 Å². The number of amides is 1. The standard InChI is InChI=1S/C14H24N4O/c1-3-12-11(9-18(2)17-12)13(19)16-10-14(15)7-5-4-6-8-14/h9H,3-8,10,15H2,1-2H3,(H,16,19). The molecule has 0 saturated heterocycles. The molecule has 1 aliphatic rings. The Bertz CT molecular complexity index is 446. The third-order valence-electron chi connectivity index (χ3n) is 3.94. The molecule has 0 unspecified atom stereocenters. The molecule has 1 heterocycles. The molecule has 1 aromatic heterocycles. The summed E-state index contributed by atoms with van der Waals surface area (Å²) in [6.07, 6.45) is 8.13. The van der Waals surface area contributed by atoms with Crippen molar-refractivity contribution in [3.05, 3.63) is 17.5 Å². The van der Waals surface area contributed by atoms with Crippen LogP contribution >= 0.6 is 0 Å². The SMILES string of the molecule is CCc1nn(C)cc1C(=O)NCC1(N)CCCCC1. The Labute approximate surface area is 114 Å². The first kappa shape index (κ1) is 14.1. The van der Waals surface area contributed by atoms with Gasteiger partial charge in [-0.15, -0.1) is 0 Å². The Morgan fingerprint density at radius 1 is 1.47 bits per heavy atom. The van der Waals surface area contributed by atoms with Gasteiger partial charge in [0.15, 0.2) is 0 Å². The number of aromatic nitrogens is 2. The number of carbonyl (C=O) groups excluding carboxylic acids is 1. The van der Waals surface area contributed by atoms with Crippen molar-refractivity contribution in [2.45, 2.75) is 51.0 Å². The van der Waals surface area contributed by atoms with E-state index in [0.717, 1.165) is 25.0 Å². The molecule has 1 fully saturated rings. The quantitative estimate of drug-likeness (QED) is 0.862. The van der Waals surface area contributed by atoms with Crippen LogP contribution < -0.4 is 11.1 Å². The predicted octanol–water partition coefficient (Wildman–Crippen LogP) is 1.37. The van der Waals surface area contributed by atoms with Crippen molar-refractivity contribution >= 4 is 5.91 Å². The second kappa shape index (κ2) is 5.74. The molecule has 1 aromatic rings. The Hall–Kier alpha value is -1.36. The van der Waals surface area contributed by atoms with Gasteiger partial charge in [-0.2, -0.15) is 5.10 Å². The fourth-order valence-electron chi connectivity index (χ4n) is 2.77. The average Bonchev–Trinajstić information content (AvgIpc) is 2.78. The zero-order chi connectivity index (χ0) is 13.9. The highest BCUT2D eigenvalue weighted by atomic mass is 16.1. The summed E-state index contributed by atoms with van der Waals surface area (Å²) in [4.78, 5) is 12.2. The maximum atomic E-state index is 12.2. The van der Waals surface area contributed by atoms with Crippen LogP contribution in [0.15, 0.2) is 6.20 Å². The van der Waals surface area contributed by atoms with E-state index in [2.05, 4.69) is 10.4 Å². The average molecular weight is 264 g/mol. The van der Waals surface area contributed by atoms with Gasteiger partial charge in [0.05, 0.1) is 11.3 Å². The smallest absolute Gasteiger partial charge is 0.254 e. The fraction of sp³-hybridized carbons (Fsp3) is 0.714. The van der Waals surface area contributed by atoms with Crippen molar-refractivity contribution in [3.8, 4) is 0 Å². The van der Waals surface area contributed by atoms with Crippen LogP contribution in [0.2, 0.25) is 0 Å². The molecule has 0 aliphatic heterocycles. The number of aryl methyl sites for hydroxylation is 2. The lowest BCUT2D eigenvalue weighted by Gasteiger charge is -2.33. The summed E-state index contributed by atoms with van der Waals surface area (Å²) in [7, 11) is 1.83. The lowest BCUT2D eigenvalue weighted by molar-refractivity contribution is 0.0936. The van der Waals surface area contributed by atoms with Gasteiger partial charge in [-0.1, -0.05) is 26.2 Å². The fourth-order valence-corrected chi connectivity index (χ4v) is 2.77. The third kappa shape index (κ3) is 3.35. The first-order valence-electron chi connectivity index (χ1n) is 7.14. The summed E-state index contributed by atoms with van der Waals surface area (Å²) in [5, 5.41) is 7.27. The number of carbonyl (C=O) groups is 1. The number of nitrogens with one attached hydrogen (secondary N) is 1. The minimum atomic E-state index is -0.220. The van der Waals surface area contributed by atoms with E-state index in [9.17, 15) is 4.79 Å². The highest BCUT2D eigenvalue weighted by molar-refractivity contribution is 5.95. The van der Waals surface area contributed by atoms with E-state index in [-0.39, 0.29) is 11.4 Å². The molecule has 0 bridgehead atoms. The van der Waals surface area contributed by atoms with Crippen LogP contribution in [0.3, 0.4) is 0 Å². The van der Waals surface area contributed by atoms with Crippen LogP contribution in [-0.4, -0.2) is 27.8 Å². The summed E-state index contributed by atoms with van der Waals surface area (Å²) in [5.74, 6) is -0.0552. The first-order chi connectivity index (χ1) is 9.04. The molecule has 3 N–H and O–H groups in total. The molecule has 5 heteroatoms. The molecule has 0 spiro atoms. The maximum Gasteiger partial charge on any atom is 0.254 e. The number of hydrogen-bond donors (Lipinski definition) is 2. The van der Waals surface area contributed by atoms with Crippen LogP contribution in [0.1, 0.15) is 55.1 Å². The Balaban J connectivity index is 1.97. The van der Waals surface area contributed by atoms with Crippen LogP contribution in [-0.2, 0) is 13.5 Å². The largest absolute Gasteiger partial charge is 0.350 e. The molecule has 1 aliphatic carbocycles. The minimum absolute atomic E-state index is 0.0552. The van der Waals surface area contributed by atoms with Crippen LogP contribution in [0.25, 0.3) is 0 Å². The zero-order valence-electron chi connectivity index (χ0n) is 11.9. The normalized spacial score (nSPS) is 18.3. The van der Waals surface area contributed by atoms with Crippen molar-refractivity contribution in [2.75, 3.05) is 6.54 Å². The number of nitrogens with zero attached hydrogens (tertiary/aromatic N) is 2. The van der Waals surface area contributed by atoms with E-state index in [4.69, 9.17) is 5.73 Å². The van der Waals surface area contributed by atoms with Crippen molar-refractivity contribution in [2.24, 2.45) is 12.8 Å². The van der Waals surface area contributed by atoms with Gasteiger partial charge in [0.2, 0.25) is 0 Å². The topological polar surface area (TPSA) is 72.9 Å². The zero-order valence-corrected chi connectivity index (χ0v) is 11.9. The molecular formula is C14H24N4O. The lowest BCUT2D eigenvalue weighted by Crippen LogP contribution is -2.51. The van der Waals surface area contributed by atoms with E-state index >= 15 is 0 Å². The summed E-state index contributed by atoms with van der Waals surface area (Å²) < 4.78 is 1.69. The van der Waals surface area contributed by atoms with Gasteiger partial charge in [0, 0.05) is 25.3 Å². The molecule has 19 heavy (non-hydrogen) atoms. The van der Waals surface area contributed by atoms with Gasteiger partial charge in [-0.05, 0) is 19.3 Å². The van der Waals surface area contributed by atoms with Crippen molar-refractivity contribution in [3.63, 3.8) is 0 Å². The lowest BCUT2D eigenvalue weighted by atomic mass is 9.82. The molecule has 106 valence electrons. The molecule has 0 aromatic carbocycles. The Morgan fingerprint density at radius 2 is 2.16 bits per heavy atom. The Morgan fingerprint density at radius 3 is 2.79 bits per heavy atom. The number of hydrogen-bond acceptors (Lipinski definition) is 3. The molecule has 2 rings (SSSR count). The van der Waals surface area contributed by atoms with Gasteiger partial charge in [0.25, 0.3) is 5.91 Å². The van der Waals surface area contributed by atoms with E-state index in [0.29, 0.717) is 12.1 Å². The van der Waals surface area contributed by atoms with Gasteiger partial charge < -0.3 is 11.1 Å². The number of rotatable bonds is 4. The molecule has 0 atom stereocenters. The molecule has 5 nitrogen and oxygen atoms in total. The predicted molar refractivity (Wildman–Crippen MR) is 74.9 cm³/mol. The van der Waals surface area contributed by atoms with E-state index < -0.39 is 0 Å². The minimum Gasteiger partial charge on any atom is -0.350 e. The van der Waals surface area contributed by atoms with Crippen LogP contribution in [0.5, 0.6) is 0 Å². The van der Waals surface area contributed by atoms with E-state index in [1.165, 1.54) is 19.3 Å². The van der Waals surface area contributed by atoms with Gasteiger partial charge >= 0.3 is 0 Å². The summed E-state index contributed by atoms with van der Waals surface area (Å²) >= 11 is 0. The van der Waals surface area contributed by atoms with Gasteiger partial charge in [-0.3, -0.25) is 9.48 Å². The second-order valence-corrected chi connectivity index (χ2v) is 5.62. The van der Waals surface area contributed by atoms with Crippen LogP contribution in [0.4, 0.5) is 0 Å². The number of nitrogens with two attached hydrogens (primary N) is 1. The monoisotopic (exact) mass is 264 g/mol. The highest BCUT2D eigenvalue weighted by Crippen LogP contribution is 2.25. The molecule has 1 amide bonds. The third-order valence-corrected chi connectivity index (χ3v) is 3.94. The molecule has 1 saturated carbocycles.